The number of amides is 1. The standard InChI is InChI=1S/C16H20FNO3/c1-16(2)11-21-10-9-18(16)15(20)8-7-14(19)12-5-3-4-6-13(12)17/h3-6H,7-11H2,1-2H3. The zero-order valence-corrected chi connectivity index (χ0v) is 12.4. The van der Waals surface area contributed by atoms with E-state index in [2.05, 4.69) is 0 Å². The van der Waals surface area contributed by atoms with E-state index >= 15 is 0 Å². The summed E-state index contributed by atoms with van der Waals surface area (Å²) in [5, 5.41) is 0. The molecule has 0 radical (unpaired) electrons. The Morgan fingerprint density at radius 1 is 1.29 bits per heavy atom. The number of morpholine rings is 1. The average Bonchev–Trinajstić information content (AvgIpc) is 2.44. The molecule has 21 heavy (non-hydrogen) atoms. The van der Waals surface area contributed by atoms with Gasteiger partial charge in [-0.1, -0.05) is 12.1 Å². The lowest BCUT2D eigenvalue weighted by atomic mass is 10.0. The number of ketones is 1. The summed E-state index contributed by atoms with van der Waals surface area (Å²) in [4.78, 5) is 26.0. The van der Waals surface area contributed by atoms with E-state index in [1.54, 1.807) is 11.0 Å². The van der Waals surface area contributed by atoms with E-state index in [1.165, 1.54) is 18.2 Å². The summed E-state index contributed by atoms with van der Waals surface area (Å²) >= 11 is 0. The maximum Gasteiger partial charge on any atom is 0.223 e. The van der Waals surface area contributed by atoms with Crippen molar-refractivity contribution < 1.29 is 18.7 Å². The molecule has 1 heterocycles. The van der Waals surface area contributed by atoms with Gasteiger partial charge in [-0.25, -0.2) is 4.39 Å². The number of carbonyl (C=O) groups is 2. The molecule has 1 aliphatic rings. The summed E-state index contributed by atoms with van der Waals surface area (Å²) in [6.07, 6.45) is 0.115. The predicted octanol–water partition coefficient (Wildman–Crippen LogP) is 2.43. The van der Waals surface area contributed by atoms with Gasteiger partial charge in [0, 0.05) is 19.4 Å². The molecule has 0 spiro atoms. The van der Waals surface area contributed by atoms with Crippen molar-refractivity contribution in [1.82, 2.24) is 4.90 Å². The Kier molecular flexibility index (Phi) is 4.73. The molecule has 2 rings (SSSR count). The quantitative estimate of drug-likeness (QED) is 0.801. The van der Waals surface area contributed by atoms with Crippen LogP contribution in [0.15, 0.2) is 24.3 Å². The highest BCUT2D eigenvalue weighted by atomic mass is 19.1. The molecule has 114 valence electrons. The third kappa shape index (κ3) is 3.67. The van der Waals surface area contributed by atoms with Crippen LogP contribution in [0.1, 0.15) is 37.0 Å². The van der Waals surface area contributed by atoms with E-state index in [0.717, 1.165) is 0 Å². The maximum absolute atomic E-state index is 13.5. The molecule has 0 unspecified atom stereocenters. The highest BCUT2D eigenvalue weighted by Crippen LogP contribution is 2.21. The van der Waals surface area contributed by atoms with Gasteiger partial charge in [-0.15, -0.1) is 0 Å². The molecule has 0 aliphatic carbocycles. The first-order chi connectivity index (χ1) is 9.92. The third-order valence-corrected chi connectivity index (χ3v) is 3.69. The van der Waals surface area contributed by atoms with Gasteiger partial charge in [0.15, 0.2) is 5.78 Å². The molecule has 4 nitrogen and oxygen atoms in total. The lowest BCUT2D eigenvalue weighted by Crippen LogP contribution is -2.55. The zero-order valence-electron chi connectivity index (χ0n) is 12.4. The summed E-state index contributed by atoms with van der Waals surface area (Å²) in [5.41, 5.74) is -0.317. The van der Waals surface area contributed by atoms with Crippen LogP contribution >= 0.6 is 0 Å². The second-order valence-electron chi connectivity index (χ2n) is 5.81. The molecule has 1 amide bonds. The van der Waals surface area contributed by atoms with E-state index in [-0.39, 0.29) is 35.6 Å². The van der Waals surface area contributed by atoms with Crippen LogP contribution in [-0.2, 0) is 9.53 Å². The number of hydrogen-bond donors (Lipinski definition) is 0. The van der Waals surface area contributed by atoms with E-state index in [0.29, 0.717) is 19.8 Å². The number of ether oxygens (including phenoxy) is 1. The molecule has 0 saturated carbocycles. The molecule has 1 aromatic rings. The molecule has 1 saturated heterocycles. The van der Waals surface area contributed by atoms with Crippen LogP contribution in [0, 0.1) is 5.82 Å². The van der Waals surface area contributed by atoms with Crippen molar-refractivity contribution in [2.24, 2.45) is 0 Å². The highest BCUT2D eigenvalue weighted by molar-refractivity contribution is 5.98. The van der Waals surface area contributed by atoms with E-state index in [4.69, 9.17) is 4.74 Å². The molecule has 0 N–H and O–H groups in total. The van der Waals surface area contributed by atoms with Crippen LogP contribution in [-0.4, -0.2) is 41.9 Å². The van der Waals surface area contributed by atoms with Crippen LogP contribution in [0.25, 0.3) is 0 Å². The van der Waals surface area contributed by atoms with Crippen molar-refractivity contribution in [2.75, 3.05) is 19.8 Å². The lowest BCUT2D eigenvalue weighted by Gasteiger charge is -2.42. The largest absolute Gasteiger partial charge is 0.377 e. The van der Waals surface area contributed by atoms with E-state index in [9.17, 15) is 14.0 Å². The predicted molar refractivity (Wildman–Crippen MR) is 76.6 cm³/mol. The molecule has 0 aromatic heterocycles. The first kappa shape index (κ1) is 15.6. The second kappa shape index (κ2) is 6.35. The fourth-order valence-electron chi connectivity index (χ4n) is 2.50. The smallest absolute Gasteiger partial charge is 0.223 e. The van der Waals surface area contributed by atoms with Gasteiger partial charge < -0.3 is 9.64 Å². The van der Waals surface area contributed by atoms with Crippen LogP contribution in [0.2, 0.25) is 0 Å². The number of rotatable bonds is 4. The summed E-state index contributed by atoms with van der Waals surface area (Å²) in [5.74, 6) is -0.970. The van der Waals surface area contributed by atoms with Gasteiger partial charge in [0.1, 0.15) is 5.82 Å². The zero-order chi connectivity index (χ0) is 15.5. The third-order valence-electron chi connectivity index (χ3n) is 3.69. The molecule has 5 heteroatoms. The topological polar surface area (TPSA) is 46.6 Å². The Balaban J connectivity index is 1.95. The molecule has 1 fully saturated rings. The highest BCUT2D eigenvalue weighted by Gasteiger charge is 2.33. The SMILES string of the molecule is CC1(C)COCCN1C(=O)CCC(=O)c1ccccc1F. The van der Waals surface area contributed by atoms with Crippen molar-refractivity contribution >= 4 is 11.7 Å². The monoisotopic (exact) mass is 293 g/mol. The van der Waals surface area contributed by atoms with Crippen molar-refractivity contribution in [3.05, 3.63) is 35.6 Å². The minimum atomic E-state index is -0.540. The minimum absolute atomic E-state index is 0.0210. The Labute approximate surface area is 123 Å². The molecule has 0 bridgehead atoms. The Hall–Kier alpha value is -1.75. The van der Waals surface area contributed by atoms with Crippen LogP contribution in [0.4, 0.5) is 4.39 Å². The van der Waals surface area contributed by atoms with Gasteiger partial charge in [0.05, 0.1) is 24.3 Å². The van der Waals surface area contributed by atoms with Gasteiger partial charge >= 0.3 is 0 Å². The average molecular weight is 293 g/mol. The summed E-state index contributed by atoms with van der Waals surface area (Å²) < 4.78 is 18.9. The number of hydrogen-bond acceptors (Lipinski definition) is 3. The van der Waals surface area contributed by atoms with Gasteiger partial charge in [0.25, 0.3) is 0 Å². The Bertz CT molecular complexity index is 542. The number of nitrogens with zero attached hydrogens (tertiary/aromatic N) is 1. The summed E-state index contributed by atoms with van der Waals surface area (Å²) in [6, 6.07) is 5.84. The van der Waals surface area contributed by atoms with Crippen molar-refractivity contribution in [3.63, 3.8) is 0 Å². The fraction of sp³-hybridized carbons (Fsp3) is 0.500. The van der Waals surface area contributed by atoms with Crippen molar-refractivity contribution in [1.29, 1.82) is 0 Å². The van der Waals surface area contributed by atoms with Crippen LogP contribution < -0.4 is 0 Å². The van der Waals surface area contributed by atoms with E-state index < -0.39 is 5.82 Å². The first-order valence-corrected chi connectivity index (χ1v) is 7.08. The number of carbonyl (C=O) groups excluding carboxylic acids is 2. The maximum atomic E-state index is 13.5. The molecule has 0 atom stereocenters. The molecular formula is C16H20FNO3. The first-order valence-electron chi connectivity index (χ1n) is 7.08. The lowest BCUT2D eigenvalue weighted by molar-refractivity contribution is -0.146. The normalized spacial score (nSPS) is 17.6. The molecular weight excluding hydrogens is 273 g/mol. The molecule has 1 aliphatic heterocycles. The second-order valence-corrected chi connectivity index (χ2v) is 5.81. The van der Waals surface area contributed by atoms with Gasteiger partial charge in [-0.05, 0) is 26.0 Å². The van der Waals surface area contributed by atoms with Crippen molar-refractivity contribution in [2.45, 2.75) is 32.2 Å². The Morgan fingerprint density at radius 3 is 2.67 bits per heavy atom. The summed E-state index contributed by atoms with van der Waals surface area (Å²) in [7, 11) is 0. The number of Topliss-reactive ketones (excluding diaryl/α,β-unsaturated/α-hetero) is 1. The van der Waals surface area contributed by atoms with Gasteiger partial charge in [-0.3, -0.25) is 9.59 Å². The Morgan fingerprint density at radius 2 is 2.00 bits per heavy atom. The molecule has 1 aromatic carbocycles. The minimum Gasteiger partial charge on any atom is -0.377 e. The fourth-order valence-corrected chi connectivity index (χ4v) is 2.50. The van der Waals surface area contributed by atoms with Crippen LogP contribution in [0.5, 0.6) is 0 Å². The van der Waals surface area contributed by atoms with E-state index in [1.807, 2.05) is 13.8 Å². The number of halogens is 1. The van der Waals surface area contributed by atoms with Gasteiger partial charge in [-0.2, -0.15) is 0 Å². The summed E-state index contributed by atoms with van der Waals surface area (Å²) in [6.45, 7) is 5.39. The van der Waals surface area contributed by atoms with Crippen molar-refractivity contribution in [3.8, 4) is 0 Å². The van der Waals surface area contributed by atoms with Crippen LogP contribution in [0.3, 0.4) is 0 Å². The van der Waals surface area contributed by atoms with Gasteiger partial charge in [0.2, 0.25) is 5.91 Å². The number of benzene rings is 1.